The van der Waals surface area contributed by atoms with Crippen LogP contribution in [0.1, 0.15) is 23.2 Å². The number of hydrogen-bond acceptors (Lipinski definition) is 6. The second kappa shape index (κ2) is 7.45. The molecule has 0 saturated heterocycles. The normalized spacial score (nSPS) is 13.1. The predicted molar refractivity (Wildman–Crippen MR) is 105 cm³/mol. The van der Waals surface area contributed by atoms with Crippen LogP contribution in [0.2, 0.25) is 0 Å². The Bertz CT molecular complexity index is 938. The lowest BCUT2D eigenvalue weighted by molar-refractivity contribution is 0.0601. The summed E-state index contributed by atoms with van der Waals surface area (Å²) in [6.45, 7) is 0. The quantitative estimate of drug-likeness (QED) is 0.640. The van der Waals surface area contributed by atoms with Crippen molar-refractivity contribution in [3.63, 3.8) is 0 Å². The lowest BCUT2D eigenvalue weighted by Gasteiger charge is -2.11. The van der Waals surface area contributed by atoms with Crippen LogP contribution in [-0.2, 0) is 4.74 Å². The fourth-order valence-corrected chi connectivity index (χ4v) is 2.70. The van der Waals surface area contributed by atoms with Gasteiger partial charge in [-0.15, -0.1) is 0 Å². The van der Waals surface area contributed by atoms with Crippen molar-refractivity contribution in [2.75, 3.05) is 17.7 Å². The molecule has 1 aliphatic rings. The van der Waals surface area contributed by atoms with Crippen molar-refractivity contribution in [1.29, 1.82) is 0 Å². The summed E-state index contributed by atoms with van der Waals surface area (Å²) in [5.74, 6) is 0.955. The van der Waals surface area contributed by atoms with Crippen molar-refractivity contribution in [3.8, 4) is 11.3 Å². The van der Waals surface area contributed by atoms with Crippen molar-refractivity contribution >= 4 is 23.4 Å². The van der Waals surface area contributed by atoms with E-state index in [0.29, 0.717) is 23.4 Å². The van der Waals surface area contributed by atoms with Crippen LogP contribution in [0.3, 0.4) is 0 Å². The van der Waals surface area contributed by atoms with Gasteiger partial charge in [-0.25, -0.2) is 9.78 Å². The van der Waals surface area contributed by atoms with E-state index in [1.54, 1.807) is 12.1 Å². The van der Waals surface area contributed by atoms with E-state index in [1.165, 1.54) is 7.11 Å². The Labute approximate surface area is 157 Å². The van der Waals surface area contributed by atoms with Gasteiger partial charge in [0.1, 0.15) is 5.82 Å². The van der Waals surface area contributed by atoms with E-state index in [9.17, 15) is 4.79 Å². The first-order chi connectivity index (χ1) is 13.2. The SMILES string of the molecule is COC(=O)c1ccc(Nc2cc(-c3ccccc3)nc(NC3CC3)n2)cc1. The van der Waals surface area contributed by atoms with Gasteiger partial charge >= 0.3 is 5.97 Å². The van der Waals surface area contributed by atoms with Crippen LogP contribution in [0.15, 0.2) is 60.7 Å². The maximum Gasteiger partial charge on any atom is 0.337 e. The van der Waals surface area contributed by atoms with Crippen LogP contribution in [0.4, 0.5) is 17.5 Å². The number of rotatable bonds is 6. The van der Waals surface area contributed by atoms with Crippen LogP contribution < -0.4 is 10.6 Å². The fourth-order valence-electron chi connectivity index (χ4n) is 2.70. The first-order valence-electron chi connectivity index (χ1n) is 8.88. The van der Waals surface area contributed by atoms with Crippen molar-refractivity contribution in [2.45, 2.75) is 18.9 Å². The van der Waals surface area contributed by atoms with Gasteiger partial charge < -0.3 is 15.4 Å². The molecule has 6 heteroatoms. The van der Waals surface area contributed by atoms with E-state index >= 15 is 0 Å². The number of aromatic nitrogens is 2. The molecule has 0 amide bonds. The molecule has 1 fully saturated rings. The second-order valence-corrected chi connectivity index (χ2v) is 6.44. The van der Waals surface area contributed by atoms with E-state index < -0.39 is 0 Å². The minimum atomic E-state index is -0.356. The van der Waals surface area contributed by atoms with Crippen molar-refractivity contribution in [2.24, 2.45) is 0 Å². The van der Waals surface area contributed by atoms with E-state index in [1.807, 2.05) is 48.5 Å². The van der Waals surface area contributed by atoms with Gasteiger partial charge in [0.2, 0.25) is 5.95 Å². The highest BCUT2D eigenvalue weighted by atomic mass is 16.5. The van der Waals surface area contributed by atoms with E-state index in [4.69, 9.17) is 4.74 Å². The van der Waals surface area contributed by atoms with Crippen molar-refractivity contribution in [1.82, 2.24) is 9.97 Å². The van der Waals surface area contributed by atoms with Crippen LogP contribution >= 0.6 is 0 Å². The summed E-state index contributed by atoms with van der Waals surface area (Å²) in [7, 11) is 1.37. The molecule has 136 valence electrons. The molecule has 0 radical (unpaired) electrons. The van der Waals surface area contributed by atoms with Crippen LogP contribution in [0.5, 0.6) is 0 Å². The molecule has 0 bridgehead atoms. The van der Waals surface area contributed by atoms with Gasteiger partial charge in [-0.1, -0.05) is 30.3 Å². The zero-order chi connectivity index (χ0) is 18.6. The molecular formula is C21H20N4O2. The second-order valence-electron chi connectivity index (χ2n) is 6.44. The Morgan fingerprint density at radius 1 is 1.04 bits per heavy atom. The number of carbonyl (C=O) groups excluding carboxylic acids is 1. The molecule has 6 nitrogen and oxygen atoms in total. The number of carbonyl (C=O) groups is 1. The summed E-state index contributed by atoms with van der Waals surface area (Å²) in [5, 5.41) is 6.65. The third-order valence-corrected chi connectivity index (χ3v) is 4.28. The van der Waals surface area contributed by atoms with E-state index in [0.717, 1.165) is 29.8 Å². The average Bonchev–Trinajstić information content (AvgIpc) is 3.52. The molecule has 3 aromatic rings. The smallest absolute Gasteiger partial charge is 0.337 e. The van der Waals surface area contributed by atoms with Gasteiger partial charge in [-0.05, 0) is 37.1 Å². The Morgan fingerprint density at radius 2 is 1.78 bits per heavy atom. The Morgan fingerprint density at radius 3 is 2.44 bits per heavy atom. The van der Waals surface area contributed by atoms with Gasteiger partial charge in [0.05, 0.1) is 18.4 Å². The molecule has 1 heterocycles. The summed E-state index contributed by atoms with van der Waals surface area (Å²) >= 11 is 0. The number of benzene rings is 2. The number of ether oxygens (including phenoxy) is 1. The molecule has 2 N–H and O–H groups in total. The van der Waals surface area contributed by atoms with Gasteiger partial charge in [0, 0.05) is 23.4 Å². The molecule has 27 heavy (non-hydrogen) atoms. The summed E-state index contributed by atoms with van der Waals surface area (Å²) < 4.78 is 4.73. The van der Waals surface area contributed by atoms with E-state index in [-0.39, 0.29) is 5.97 Å². The van der Waals surface area contributed by atoms with E-state index in [2.05, 4.69) is 20.6 Å². The number of nitrogens with zero attached hydrogens (tertiary/aromatic N) is 2. The largest absolute Gasteiger partial charge is 0.465 e. The number of hydrogen-bond donors (Lipinski definition) is 2. The molecule has 0 spiro atoms. The molecule has 0 atom stereocenters. The number of anilines is 3. The molecule has 0 aliphatic heterocycles. The maximum atomic E-state index is 11.6. The molecule has 1 saturated carbocycles. The summed E-state index contributed by atoms with van der Waals surface area (Å²) in [5.41, 5.74) is 3.22. The predicted octanol–water partition coefficient (Wildman–Crippen LogP) is 4.25. The first-order valence-corrected chi connectivity index (χ1v) is 8.88. The molecular weight excluding hydrogens is 340 g/mol. The molecule has 0 unspecified atom stereocenters. The highest BCUT2D eigenvalue weighted by Gasteiger charge is 2.22. The number of nitrogens with one attached hydrogen (secondary N) is 2. The van der Waals surface area contributed by atoms with Crippen molar-refractivity contribution in [3.05, 3.63) is 66.2 Å². The van der Waals surface area contributed by atoms with Gasteiger partial charge in [0.15, 0.2) is 0 Å². The van der Waals surface area contributed by atoms with Crippen LogP contribution in [0, 0.1) is 0 Å². The average molecular weight is 360 g/mol. The standard InChI is InChI=1S/C21H20N4O2/c1-27-20(26)15-7-9-16(10-8-15)22-19-13-18(14-5-3-2-4-6-14)24-21(25-19)23-17-11-12-17/h2-10,13,17H,11-12H2,1H3,(H2,22,23,24,25). The highest BCUT2D eigenvalue weighted by Crippen LogP contribution is 2.27. The summed E-state index contributed by atoms with van der Waals surface area (Å²) in [6, 6.07) is 19.5. The van der Waals surface area contributed by atoms with Crippen LogP contribution in [0.25, 0.3) is 11.3 Å². The minimum Gasteiger partial charge on any atom is -0.465 e. The minimum absolute atomic E-state index is 0.356. The Kier molecular flexibility index (Phi) is 4.70. The Hall–Kier alpha value is -3.41. The topological polar surface area (TPSA) is 76.1 Å². The molecule has 1 aliphatic carbocycles. The summed E-state index contributed by atoms with van der Waals surface area (Å²) in [4.78, 5) is 20.8. The molecule has 1 aromatic heterocycles. The lowest BCUT2D eigenvalue weighted by atomic mass is 10.1. The van der Waals surface area contributed by atoms with Crippen molar-refractivity contribution < 1.29 is 9.53 Å². The zero-order valence-corrected chi connectivity index (χ0v) is 15.0. The first kappa shape index (κ1) is 17.0. The summed E-state index contributed by atoms with van der Waals surface area (Å²) in [6.07, 6.45) is 2.30. The van der Waals surface area contributed by atoms with Gasteiger partial charge in [0.25, 0.3) is 0 Å². The number of esters is 1. The highest BCUT2D eigenvalue weighted by molar-refractivity contribution is 5.89. The third kappa shape index (κ3) is 4.23. The third-order valence-electron chi connectivity index (χ3n) is 4.28. The zero-order valence-electron chi connectivity index (χ0n) is 15.0. The number of methoxy groups -OCH3 is 1. The van der Waals surface area contributed by atoms with Gasteiger partial charge in [-0.3, -0.25) is 0 Å². The Balaban J connectivity index is 1.61. The fraction of sp³-hybridized carbons (Fsp3) is 0.190. The molecule has 4 rings (SSSR count). The van der Waals surface area contributed by atoms with Gasteiger partial charge in [-0.2, -0.15) is 4.98 Å². The van der Waals surface area contributed by atoms with Crippen LogP contribution in [-0.4, -0.2) is 29.1 Å². The monoisotopic (exact) mass is 360 g/mol. The lowest BCUT2D eigenvalue weighted by Crippen LogP contribution is -2.08. The molecule has 2 aromatic carbocycles. The maximum absolute atomic E-state index is 11.6.